The third kappa shape index (κ3) is 3.11. The number of rotatable bonds is 3. The number of nitrogens with zero attached hydrogens (tertiary/aromatic N) is 1. The maximum absolute atomic E-state index is 12.8. The summed E-state index contributed by atoms with van der Waals surface area (Å²) in [4.78, 5) is 14.8. The Morgan fingerprint density at radius 1 is 1.28 bits per heavy atom. The van der Waals surface area contributed by atoms with Crippen LogP contribution in [0.25, 0.3) is 17.0 Å². The molecular weight excluding hydrogens is 314 g/mol. The molecule has 1 aliphatic carbocycles. The maximum Gasteiger partial charge on any atom is 0.246 e. The van der Waals surface area contributed by atoms with E-state index in [0.717, 1.165) is 41.6 Å². The molecule has 1 amide bonds. The molecule has 4 heteroatoms. The molecule has 1 saturated carbocycles. The number of amides is 1. The van der Waals surface area contributed by atoms with Crippen LogP contribution in [0.2, 0.25) is 0 Å². The first-order valence-electron chi connectivity index (χ1n) is 9.38. The SMILES string of the molecule is CCc1oc2ccccc2c1C=CC(=O)N1CCOC2CCCCC21. The average molecular weight is 339 g/mol. The fraction of sp³-hybridized carbons (Fsp3) is 0.476. The summed E-state index contributed by atoms with van der Waals surface area (Å²) in [5.74, 6) is 1.02. The van der Waals surface area contributed by atoms with Gasteiger partial charge in [-0.15, -0.1) is 0 Å². The molecule has 0 N–H and O–H groups in total. The smallest absolute Gasteiger partial charge is 0.246 e. The summed E-state index contributed by atoms with van der Waals surface area (Å²) < 4.78 is 11.8. The highest BCUT2D eigenvalue weighted by Gasteiger charge is 2.35. The summed E-state index contributed by atoms with van der Waals surface area (Å²) in [5.41, 5.74) is 1.91. The Morgan fingerprint density at radius 3 is 3.00 bits per heavy atom. The van der Waals surface area contributed by atoms with E-state index >= 15 is 0 Å². The van der Waals surface area contributed by atoms with Gasteiger partial charge in [0.1, 0.15) is 11.3 Å². The number of aryl methyl sites for hydroxylation is 1. The molecule has 4 nitrogen and oxygen atoms in total. The van der Waals surface area contributed by atoms with Gasteiger partial charge in [-0.05, 0) is 25.0 Å². The van der Waals surface area contributed by atoms with Crippen molar-refractivity contribution in [2.75, 3.05) is 13.2 Å². The minimum atomic E-state index is 0.0903. The molecule has 2 fully saturated rings. The summed E-state index contributed by atoms with van der Waals surface area (Å²) in [7, 11) is 0. The number of carbonyl (C=O) groups is 1. The van der Waals surface area contributed by atoms with Crippen molar-refractivity contribution in [2.24, 2.45) is 0 Å². The normalized spacial score (nSPS) is 24.0. The van der Waals surface area contributed by atoms with Crippen LogP contribution in [0, 0.1) is 0 Å². The number of benzene rings is 1. The summed E-state index contributed by atoms with van der Waals surface area (Å²) in [5, 5.41) is 1.07. The molecule has 2 aromatic rings. The lowest BCUT2D eigenvalue weighted by molar-refractivity contribution is -0.144. The van der Waals surface area contributed by atoms with E-state index in [0.29, 0.717) is 13.2 Å². The number of ether oxygens (including phenoxy) is 1. The Balaban J connectivity index is 1.58. The molecule has 2 unspecified atom stereocenters. The number of para-hydroxylation sites is 1. The van der Waals surface area contributed by atoms with Crippen molar-refractivity contribution in [1.82, 2.24) is 4.90 Å². The second kappa shape index (κ2) is 7.04. The average Bonchev–Trinajstić information content (AvgIpc) is 3.03. The van der Waals surface area contributed by atoms with E-state index in [9.17, 15) is 4.79 Å². The van der Waals surface area contributed by atoms with Crippen LogP contribution in [0.1, 0.15) is 43.9 Å². The van der Waals surface area contributed by atoms with Crippen molar-refractivity contribution < 1.29 is 13.9 Å². The Kier molecular flexibility index (Phi) is 4.62. The number of carbonyl (C=O) groups excluding carboxylic acids is 1. The predicted octanol–water partition coefficient (Wildman–Crippen LogP) is 4.18. The van der Waals surface area contributed by atoms with E-state index in [1.807, 2.05) is 35.2 Å². The minimum Gasteiger partial charge on any atom is -0.460 e. The largest absolute Gasteiger partial charge is 0.460 e. The van der Waals surface area contributed by atoms with Crippen LogP contribution in [0.15, 0.2) is 34.8 Å². The number of morpholine rings is 1. The van der Waals surface area contributed by atoms with Crippen LogP contribution in [0.3, 0.4) is 0 Å². The van der Waals surface area contributed by atoms with Crippen molar-refractivity contribution in [3.63, 3.8) is 0 Å². The molecule has 0 bridgehead atoms. The van der Waals surface area contributed by atoms with Crippen LogP contribution in [-0.2, 0) is 16.0 Å². The predicted molar refractivity (Wildman–Crippen MR) is 98.3 cm³/mol. The van der Waals surface area contributed by atoms with E-state index in [1.165, 1.54) is 12.8 Å². The van der Waals surface area contributed by atoms with Gasteiger partial charge in [-0.3, -0.25) is 4.79 Å². The zero-order valence-corrected chi connectivity index (χ0v) is 14.7. The van der Waals surface area contributed by atoms with Crippen LogP contribution >= 0.6 is 0 Å². The molecule has 1 aliphatic heterocycles. The second-order valence-corrected chi connectivity index (χ2v) is 6.91. The van der Waals surface area contributed by atoms with Crippen molar-refractivity contribution in [3.8, 4) is 0 Å². The lowest BCUT2D eigenvalue weighted by Gasteiger charge is -2.43. The van der Waals surface area contributed by atoms with Gasteiger partial charge < -0.3 is 14.1 Å². The highest BCUT2D eigenvalue weighted by atomic mass is 16.5. The molecule has 2 aliphatic rings. The van der Waals surface area contributed by atoms with Gasteiger partial charge in [0.25, 0.3) is 0 Å². The molecule has 1 aromatic carbocycles. The van der Waals surface area contributed by atoms with Gasteiger partial charge in [0.05, 0.1) is 18.8 Å². The first-order chi connectivity index (χ1) is 12.3. The Bertz CT molecular complexity index is 790. The van der Waals surface area contributed by atoms with Gasteiger partial charge in [-0.25, -0.2) is 0 Å². The molecule has 2 heterocycles. The highest BCUT2D eigenvalue weighted by molar-refractivity contribution is 5.96. The van der Waals surface area contributed by atoms with Crippen LogP contribution in [0.4, 0.5) is 0 Å². The van der Waals surface area contributed by atoms with Crippen molar-refractivity contribution in [2.45, 2.75) is 51.2 Å². The van der Waals surface area contributed by atoms with E-state index < -0.39 is 0 Å². The van der Waals surface area contributed by atoms with E-state index in [-0.39, 0.29) is 18.1 Å². The number of hydrogen-bond donors (Lipinski definition) is 0. The monoisotopic (exact) mass is 339 g/mol. The summed E-state index contributed by atoms with van der Waals surface area (Å²) in [6.45, 7) is 3.41. The standard InChI is InChI=1S/C21H25NO3/c1-2-18-16(15-7-3-5-9-19(15)25-18)11-12-21(23)22-13-14-24-20-10-6-4-8-17(20)22/h3,5,7,9,11-12,17,20H,2,4,6,8,10,13-14H2,1H3. The van der Waals surface area contributed by atoms with Crippen LogP contribution in [-0.4, -0.2) is 36.1 Å². The van der Waals surface area contributed by atoms with Gasteiger partial charge >= 0.3 is 0 Å². The van der Waals surface area contributed by atoms with E-state index in [4.69, 9.17) is 9.15 Å². The van der Waals surface area contributed by atoms with Gasteiger partial charge in [0.15, 0.2) is 0 Å². The molecule has 2 atom stereocenters. The van der Waals surface area contributed by atoms with Gasteiger partial charge in [0.2, 0.25) is 5.91 Å². The molecular formula is C21H25NO3. The lowest BCUT2D eigenvalue weighted by Crippen LogP contribution is -2.54. The van der Waals surface area contributed by atoms with Crippen LogP contribution in [0.5, 0.6) is 0 Å². The molecule has 4 rings (SSSR count). The fourth-order valence-electron chi connectivity index (χ4n) is 4.18. The first-order valence-corrected chi connectivity index (χ1v) is 9.38. The van der Waals surface area contributed by atoms with Crippen molar-refractivity contribution in [3.05, 3.63) is 41.7 Å². The summed E-state index contributed by atoms with van der Waals surface area (Å²) >= 11 is 0. The van der Waals surface area contributed by atoms with Gasteiger partial charge in [-0.2, -0.15) is 0 Å². The van der Waals surface area contributed by atoms with Crippen molar-refractivity contribution in [1.29, 1.82) is 0 Å². The molecule has 1 saturated heterocycles. The van der Waals surface area contributed by atoms with E-state index in [2.05, 4.69) is 6.92 Å². The molecule has 25 heavy (non-hydrogen) atoms. The molecule has 1 aromatic heterocycles. The number of hydrogen-bond acceptors (Lipinski definition) is 3. The minimum absolute atomic E-state index is 0.0903. The number of fused-ring (bicyclic) bond motifs is 2. The Morgan fingerprint density at radius 2 is 2.12 bits per heavy atom. The van der Waals surface area contributed by atoms with Crippen LogP contribution < -0.4 is 0 Å². The molecule has 0 spiro atoms. The highest BCUT2D eigenvalue weighted by Crippen LogP contribution is 2.30. The summed E-state index contributed by atoms with van der Waals surface area (Å²) in [6, 6.07) is 8.24. The Labute approximate surface area is 148 Å². The third-order valence-corrected chi connectivity index (χ3v) is 5.44. The maximum atomic E-state index is 12.8. The first kappa shape index (κ1) is 16.4. The number of furan rings is 1. The van der Waals surface area contributed by atoms with Gasteiger partial charge in [0, 0.05) is 30.0 Å². The van der Waals surface area contributed by atoms with E-state index in [1.54, 1.807) is 6.08 Å². The molecule has 132 valence electrons. The quantitative estimate of drug-likeness (QED) is 0.788. The second-order valence-electron chi connectivity index (χ2n) is 6.91. The fourth-order valence-corrected chi connectivity index (χ4v) is 4.18. The topological polar surface area (TPSA) is 42.7 Å². The zero-order chi connectivity index (χ0) is 17.2. The molecule has 0 radical (unpaired) electrons. The lowest BCUT2D eigenvalue weighted by atomic mass is 9.90. The van der Waals surface area contributed by atoms with Gasteiger partial charge in [-0.1, -0.05) is 38.0 Å². The Hall–Kier alpha value is -2.07. The third-order valence-electron chi connectivity index (χ3n) is 5.44. The zero-order valence-electron chi connectivity index (χ0n) is 14.7. The summed E-state index contributed by atoms with van der Waals surface area (Å²) in [6.07, 6.45) is 9.20. The van der Waals surface area contributed by atoms with Crippen molar-refractivity contribution >= 4 is 23.0 Å².